The van der Waals surface area contributed by atoms with E-state index < -0.39 is 0 Å². The first-order chi connectivity index (χ1) is 7.74. The molecule has 2 aromatic heterocycles. The van der Waals surface area contributed by atoms with Gasteiger partial charge in [-0.2, -0.15) is 5.10 Å². The zero-order chi connectivity index (χ0) is 11.1. The summed E-state index contributed by atoms with van der Waals surface area (Å²) in [6.45, 7) is 1.92. The Morgan fingerprint density at radius 1 is 1.56 bits per heavy atom. The van der Waals surface area contributed by atoms with Crippen molar-refractivity contribution in [3.05, 3.63) is 22.9 Å². The van der Waals surface area contributed by atoms with Crippen LogP contribution in [0, 0.1) is 0 Å². The van der Waals surface area contributed by atoms with Crippen molar-refractivity contribution in [3.63, 3.8) is 0 Å². The Morgan fingerprint density at radius 3 is 3.19 bits per heavy atom. The third-order valence-electron chi connectivity index (χ3n) is 2.75. The highest BCUT2D eigenvalue weighted by Crippen LogP contribution is 2.22. The minimum absolute atomic E-state index is 0.256. The summed E-state index contributed by atoms with van der Waals surface area (Å²) in [5.74, 6) is 0.869. The summed E-state index contributed by atoms with van der Waals surface area (Å²) in [5, 5.41) is 6.31. The number of hydrogen-bond donors (Lipinski definition) is 1. The quantitative estimate of drug-likeness (QED) is 0.769. The van der Waals surface area contributed by atoms with Crippen molar-refractivity contribution in [3.8, 4) is 0 Å². The van der Waals surface area contributed by atoms with E-state index in [1.807, 2.05) is 6.07 Å². The SMILES string of the molecule is O=c1[nH]nc2cc(N3CCC(Br)C3)ncn12. The Kier molecular flexibility index (Phi) is 2.20. The number of halogens is 1. The van der Waals surface area contributed by atoms with Gasteiger partial charge in [-0.3, -0.25) is 0 Å². The van der Waals surface area contributed by atoms with Crippen LogP contribution in [0.2, 0.25) is 0 Å². The van der Waals surface area contributed by atoms with Gasteiger partial charge in [-0.25, -0.2) is 19.3 Å². The third kappa shape index (κ3) is 1.51. The lowest BCUT2D eigenvalue weighted by Gasteiger charge is -2.15. The molecule has 0 bridgehead atoms. The number of aromatic amines is 1. The summed E-state index contributed by atoms with van der Waals surface area (Å²) in [4.78, 5) is 18.2. The van der Waals surface area contributed by atoms with Crippen LogP contribution < -0.4 is 10.6 Å². The number of aromatic nitrogens is 4. The molecule has 0 aliphatic carbocycles. The first-order valence-corrected chi connectivity index (χ1v) is 5.97. The molecule has 0 radical (unpaired) electrons. The topological polar surface area (TPSA) is 66.3 Å². The molecule has 2 aromatic rings. The van der Waals surface area contributed by atoms with Crippen LogP contribution in [0.1, 0.15) is 6.42 Å². The van der Waals surface area contributed by atoms with Crippen molar-refractivity contribution in [2.45, 2.75) is 11.2 Å². The van der Waals surface area contributed by atoms with Crippen LogP contribution in [0.3, 0.4) is 0 Å². The molecule has 1 fully saturated rings. The average Bonchev–Trinajstić information content (AvgIpc) is 2.86. The molecule has 0 saturated carbocycles. The second kappa shape index (κ2) is 3.58. The van der Waals surface area contributed by atoms with Gasteiger partial charge in [0.05, 0.1) is 0 Å². The van der Waals surface area contributed by atoms with E-state index in [1.165, 1.54) is 10.7 Å². The zero-order valence-corrected chi connectivity index (χ0v) is 10.0. The number of hydrogen-bond acceptors (Lipinski definition) is 4. The fourth-order valence-electron chi connectivity index (χ4n) is 1.90. The van der Waals surface area contributed by atoms with Crippen LogP contribution in [0.15, 0.2) is 17.2 Å². The van der Waals surface area contributed by atoms with E-state index in [2.05, 4.69) is 36.0 Å². The van der Waals surface area contributed by atoms with Crippen LogP contribution >= 0.6 is 15.9 Å². The largest absolute Gasteiger partial charge is 0.355 e. The summed E-state index contributed by atoms with van der Waals surface area (Å²) in [5.41, 5.74) is 0.349. The molecule has 7 heteroatoms. The number of nitrogens with one attached hydrogen (secondary N) is 1. The molecular formula is C9H10BrN5O. The fraction of sp³-hybridized carbons (Fsp3) is 0.444. The van der Waals surface area contributed by atoms with E-state index in [4.69, 9.17) is 0 Å². The highest BCUT2D eigenvalue weighted by Gasteiger charge is 2.21. The number of anilines is 1. The fourth-order valence-corrected chi connectivity index (χ4v) is 2.45. The Labute approximate surface area is 99.4 Å². The lowest BCUT2D eigenvalue weighted by molar-refractivity contribution is 0.916. The van der Waals surface area contributed by atoms with Gasteiger partial charge >= 0.3 is 5.69 Å². The third-order valence-corrected chi connectivity index (χ3v) is 3.50. The minimum Gasteiger partial charge on any atom is -0.355 e. The number of H-pyrrole nitrogens is 1. The van der Waals surface area contributed by atoms with Crippen molar-refractivity contribution >= 4 is 27.4 Å². The highest BCUT2D eigenvalue weighted by molar-refractivity contribution is 9.09. The van der Waals surface area contributed by atoms with Crippen LogP contribution in [-0.2, 0) is 0 Å². The normalized spacial score (nSPS) is 20.8. The van der Waals surface area contributed by atoms with Gasteiger partial charge in [0.25, 0.3) is 0 Å². The highest BCUT2D eigenvalue weighted by atomic mass is 79.9. The van der Waals surface area contributed by atoms with Crippen LogP contribution in [0.25, 0.3) is 5.65 Å². The second-order valence-electron chi connectivity index (χ2n) is 3.84. The van der Waals surface area contributed by atoms with Gasteiger partial charge in [-0.15, -0.1) is 0 Å². The molecule has 0 amide bonds. The van der Waals surface area contributed by atoms with E-state index in [1.54, 1.807) is 0 Å². The predicted octanol–water partition coefficient (Wildman–Crippen LogP) is 0.391. The number of nitrogens with zero attached hydrogens (tertiary/aromatic N) is 4. The standard InChI is InChI=1S/C9H10BrN5O/c10-6-1-2-14(4-6)7-3-8-12-13-9(16)15(8)5-11-7/h3,5-6H,1-2,4H2,(H,13,16). The lowest BCUT2D eigenvalue weighted by atomic mass is 10.4. The Morgan fingerprint density at radius 2 is 2.44 bits per heavy atom. The molecule has 1 aliphatic heterocycles. The Bertz CT molecular complexity index is 577. The van der Waals surface area contributed by atoms with Crippen molar-refractivity contribution < 1.29 is 0 Å². The smallest absolute Gasteiger partial charge is 0.348 e. The molecule has 84 valence electrons. The molecule has 1 N–H and O–H groups in total. The molecular weight excluding hydrogens is 274 g/mol. The second-order valence-corrected chi connectivity index (χ2v) is 5.13. The van der Waals surface area contributed by atoms with Gasteiger partial charge < -0.3 is 4.90 Å². The first-order valence-electron chi connectivity index (χ1n) is 5.06. The summed E-state index contributed by atoms with van der Waals surface area (Å²) in [6.07, 6.45) is 2.62. The maximum atomic E-state index is 11.2. The van der Waals surface area contributed by atoms with Crippen LogP contribution in [-0.4, -0.2) is 37.5 Å². The molecule has 6 nitrogen and oxygen atoms in total. The van der Waals surface area contributed by atoms with E-state index >= 15 is 0 Å². The van der Waals surface area contributed by atoms with Gasteiger partial charge in [0.1, 0.15) is 12.1 Å². The van der Waals surface area contributed by atoms with Gasteiger partial charge in [0, 0.05) is 24.0 Å². The van der Waals surface area contributed by atoms with E-state index in [9.17, 15) is 4.79 Å². The Balaban J connectivity index is 2.02. The van der Waals surface area contributed by atoms with E-state index in [-0.39, 0.29) is 5.69 Å². The molecule has 1 atom stereocenters. The molecule has 3 rings (SSSR count). The van der Waals surface area contributed by atoms with Crippen LogP contribution in [0.5, 0.6) is 0 Å². The number of alkyl halides is 1. The maximum Gasteiger partial charge on any atom is 0.348 e. The van der Waals surface area contributed by atoms with Crippen LogP contribution in [0.4, 0.5) is 5.82 Å². The molecule has 1 aliphatic rings. The Hall–Kier alpha value is -1.37. The van der Waals surface area contributed by atoms with Gasteiger partial charge in [0.2, 0.25) is 0 Å². The minimum atomic E-state index is -0.256. The molecule has 1 saturated heterocycles. The summed E-state index contributed by atoms with van der Waals surface area (Å²) < 4.78 is 1.39. The number of rotatable bonds is 1. The van der Waals surface area contributed by atoms with Crippen molar-refractivity contribution in [2.75, 3.05) is 18.0 Å². The summed E-state index contributed by atoms with van der Waals surface area (Å²) in [6, 6.07) is 1.82. The molecule has 0 aromatic carbocycles. The average molecular weight is 284 g/mol. The van der Waals surface area contributed by atoms with Gasteiger partial charge in [-0.05, 0) is 6.42 Å². The van der Waals surface area contributed by atoms with Crippen molar-refractivity contribution in [1.82, 2.24) is 19.6 Å². The van der Waals surface area contributed by atoms with E-state index in [0.717, 1.165) is 25.3 Å². The van der Waals surface area contributed by atoms with Gasteiger partial charge in [0.15, 0.2) is 5.65 Å². The molecule has 1 unspecified atom stereocenters. The molecule has 3 heterocycles. The summed E-state index contributed by atoms with van der Waals surface area (Å²) in [7, 11) is 0. The lowest BCUT2D eigenvalue weighted by Crippen LogP contribution is -2.21. The summed E-state index contributed by atoms with van der Waals surface area (Å²) >= 11 is 3.58. The van der Waals surface area contributed by atoms with E-state index in [0.29, 0.717) is 10.5 Å². The first kappa shape index (κ1) is 9.83. The maximum absolute atomic E-state index is 11.2. The molecule has 16 heavy (non-hydrogen) atoms. The predicted molar refractivity (Wildman–Crippen MR) is 63.2 cm³/mol. The van der Waals surface area contributed by atoms with Crippen molar-refractivity contribution in [2.24, 2.45) is 0 Å². The van der Waals surface area contributed by atoms with Crippen molar-refractivity contribution in [1.29, 1.82) is 0 Å². The monoisotopic (exact) mass is 283 g/mol. The van der Waals surface area contributed by atoms with Gasteiger partial charge in [-0.1, -0.05) is 15.9 Å². The zero-order valence-electron chi connectivity index (χ0n) is 8.43. The number of fused-ring (bicyclic) bond motifs is 1. The molecule has 0 spiro atoms.